The SMILES string of the molecule is O=C(/C=C/C(=O)N(CCc1ccccc1)Cc1ccccc1)Oc1cc(F)cc(F)c1. The van der Waals surface area contributed by atoms with Gasteiger partial charge in [0.2, 0.25) is 5.91 Å². The predicted molar refractivity (Wildman–Crippen MR) is 113 cm³/mol. The Labute approximate surface area is 179 Å². The topological polar surface area (TPSA) is 46.6 Å². The lowest BCUT2D eigenvalue weighted by atomic mass is 10.1. The lowest BCUT2D eigenvalue weighted by Gasteiger charge is -2.21. The van der Waals surface area contributed by atoms with E-state index >= 15 is 0 Å². The molecule has 3 aromatic carbocycles. The van der Waals surface area contributed by atoms with Crippen molar-refractivity contribution < 1.29 is 23.1 Å². The Bertz CT molecular complexity index is 1030. The Morgan fingerprint density at radius 3 is 2.00 bits per heavy atom. The number of carbonyl (C=O) groups excluding carboxylic acids is 2. The lowest BCUT2D eigenvalue weighted by Crippen LogP contribution is -2.31. The number of hydrogen-bond acceptors (Lipinski definition) is 3. The third kappa shape index (κ3) is 7.19. The quantitative estimate of drug-likeness (QED) is 0.301. The number of esters is 1. The van der Waals surface area contributed by atoms with Gasteiger partial charge >= 0.3 is 5.97 Å². The number of ether oxygens (including phenoxy) is 1. The molecular weight excluding hydrogens is 400 g/mol. The van der Waals surface area contributed by atoms with Gasteiger partial charge in [-0.25, -0.2) is 13.6 Å². The van der Waals surface area contributed by atoms with E-state index < -0.39 is 17.6 Å². The molecule has 0 unspecified atom stereocenters. The second kappa shape index (κ2) is 10.8. The maximum Gasteiger partial charge on any atom is 0.336 e. The minimum absolute atomic E-state index is 0.273. The van der Waals surface area contributed by atoms with Crippen LogP contribution in [0.1, 0.15) is 11.1 Å². The zero-order valence-corrected chi connectivity index (χ0v) is 16.7. The molecular formula is C25H21F2NO3. The van der Waals surface area contributed by atoms with Gasteiger partial charge in [0.15, 0.2) is 0 Å². The predicted octanol–water partition coefficient (Wildman–Crippen LogP) is 4.70. The Morgan fingerprint density at radius 2 is 1.39 bits per heavy atom. The number of rotatable bonds is 8. The minimum Gasteiger partial charge on any atom is -0.423 e. The zero-order valence-electron chi connectivity index (χ0n) is 16.7. The highest BCUT2D eigenvalue weighted by atomic mass is 19.1. The van der Waals surface area contributed by atoms with Crippen molar-refractivity contribution in [1.82, 2.24) is 4.90 Å². The van der Waals surface area contributed by atoms with E-state index in [1.165, 1.54) is 0 Å². The molecule has 3 rings (SSSR count). The Balaban J connectivity index is 1.66. The summed E-state index contributed by atoms with van der Waals surface area (Å²) in [5.41, 5.74) is 2.04. The normalized spacial score (nSPS) is 10.8. The third-order valence-corrected chi connectivity index (χ3v) is 4.46. The summed E-state index contributed by atoms with van der Waals surface area (Å²) in [6, 6.07) is 21.7. The van der Waals surface area contributed by atoms with Gasteiger partial charge < -0.3 is 9.64 Å². The van der Waals surface area contributed by atoms with E-state index in [9.17, 15) is 18.4 Å². The fourth-order valence-corrected chi connectivity index (χ4v) is 2.96. The molecule has 0 bridgehead atoms. The average molecular weight is 421 g/mol. The highest BCUT2D eigenvalue weighted by molar-refractivity contribution is 5.95. The van der Waals surface area contributed by atoms with Gasteiger partial charge in [0, 0.05) is 43.4 Å². The number of amides is 1. The summed E-state index contributed by atoms with van der Waals surface area (Å²) in [4.78, 5) is 26.3. The molecule has 6 heteroatoms. The van der Waals surface area contributed by atoms with E-state index in [4.69, 9.17) is 4.74 Å². The minimum atomic E-state index is -0.902. The van der Waals surface area contributed by atoms with Gasteiger partial charge in [0.05, 0.1) is 0 Å². The second-order valence-electron chi connectivity index (χ2n) is 6.84. The third-order valence-electron chi connectivity index (χ3n) is 4.46. The smallest absolute Gasteiger partial charge is 0.336 e. The van der Waals surface area contributed by atoms with Crippen LogP contribution in [0.25, 0.3) is 0 Å². The molecule has 0 saturated carbocycles. The molecule has 0 fully saturated rings. The summed E-state index contributed by atoms with van der Waals surface area (Å²) >= 11 is 0. The first-order valence-corrected chi connectivity index (χ1v) is 9.72. The van der Waals surface area contributed by atoms with Crippen LogP contribution in [-0.2, 0) is 22.6 Å². The summed E-state index contributed by atoms with van der Waals surface area (Å²) in [7, 11) is 0. The van der Waals surface area contributed by atoms with Crippen LogP contribution in [0.3, 0.4) is 0 Å². The number of benzene rings is 3. The molecule has 0 saturated heterocycles. The van der Waals surface area contributed by atoms with Crippen molar-refractivity contribution in [2.24, 2.45) is 0 Å². The van der Waals surface area contributed by atoms with Crippen molar-refractivity contribution in [3.05, 3.63) is 114 Å². The van der Waals surface area contributed by atoms with Gasteiger partial charge in [-0.1, -0.05) is 60.7 Å². The molecule has 4 nitrogen and oxygen atoms in total. The molecule has 0 aliphatic heterocycles. The molecule has 0 aliphatic rings. The van der Waals surface area contributed by atoms with Crippen LogP contribution >= 0.6 is 0 Å². The van der Waals surface area contributed by atoms with Crippen LogP contribution in [0.15, 0.2) is 91.0 Å². The molecule has 0 spiro atoms. The lowest BCUT2D eigenvalue weighted by molar-refractivity contribution is -0.130. The summed E-state index contributed by atoms with van der Waals surface area (Å²) in [6.07, 6.45) is 2.71. The van der Waals surface area contributed by atoms with E-state index in [1.807, 2.05) is 60.7 Å². The second-order valence-corrected chi connectivity index (χ2v) is 6.84. The number of halogens is 2. The fraction of sp³-hybridized carbons (Fsp3) is 0.120. The first-order chi connectivity index (χ1) is 15.0. The Hall–Kier alpha value is -3.80. The molecule has 31 heavy (non-hydrogen) atoms. The highest BCUT2D eigenvalue weighted by Crippen LogP contribution is 2.15. The zero-order chi connectivity index (χ0) is 22.1. The van der Waals surface area contributed by atoms with Gasteiger partial charge in [-0.05, 0) is 17.5 Å². The van der Waals surface area contributed by atoms with E-state index in [-0.39, 0.29) is 11.7 Å². The number of nitrogens with zero attached hydrogens (tertiary/aromatic N) is 1. The van der Waals surface area contributed by atoms with E-state index in [2.05, 4.69) is 0 Å². The van der Waals surface area contributed by atoms with Gasteiger partial charge in [-0.3, -0.25) is 4.79 Å². The van der Waals surface area contributed by atoms with Crippen LogP contribution in [0.2, 0.25) is 0 Å². The van der Waals surface area contributed by atoms with E-state index in [0.717, 1.165) is 35.4 Å². The molecule has 0 atom stereocenters. The summed E-state index contributed by atoms with van der Waals surface area (Å²) in [6.45, 7) is 0.827. The largest absolute Gasteiger partial charge is 0.423 e. The molecule has 158 valence electrons. The van der Waals surface area contributed by atoms with Crippen LogP contribution in [0.5, 0.6) is 5.75 Å². The standard InChI is InChI=1S/C25H21F2NO3/c26-21-15-22(27)17-23(16-21)31-25(30)12-11-24(29)28(18-20-9-5-2-6-10-20)14-13-19-7-3-1-4-8-19/h1-12,15-17H,13-14,18H2/b12-11+. The number of hydrogen-bond donors (Lipinski definition) is 0. The van der Waals surface area contributed by atoms with Crippen molar-refractivity contribution in [2.45, 2.75) is 13.0 Å². The van der Waals surface area contributed by atoms with Gasteiger partial charge in [-0.2, -0.15) is 0 Å². The van der Waals surface area contributed by atoms with Crippen molar-refractivity contribution >= 4 is 11.9 Å². The van der Waals surface area contributed by atoms with Crippen LogP contribution in [0.4, 0.5) is 8.78 Å². The molecule has 0 radical (unpaired) electrons. The highest BCUT2D eigenvalue weighted by Gasteiger charge is 2.13. The van der Waals surface area contributed by atoms with Gasteiger partial charge in [0.25, 0.3) is 0 Å². The van der Waals surface area contributed by atoms with Crippen LogP contribution < -0.4 is 4.74 Å². The number of carbonyl (C=O) groups is 2. The fourth-order valence-electron chi connectivity index (χ4n) is 2.96. The molecule has 0 N–H and O–H groups in total. The van der Waals surface area contributed by atoms with E-state index in [0.29, 0.717) is 25.6 Å². The van der Waals surface area contributed by atoms with Gasteiger partial charge in [0.1, 0.15) is 17.4 Å². The Morgan fingerprint density at radius 1 is 0.806 bits per heavy atom. The average Bonchev–Trinajstić information content (AvgIpc) is 2.75. The van der Waals surface area contributed by atoms with Crippen molar-refractivity contribution in [3.8, 4) is 5.75 Å². The maximum absolute atomic E-state index is 13.2. The summed E-state index contributed by atoms with van der Waals surface area (Å²) < 4.78 is 31.3. The van der Waals surface area contributed by atoms with Gasteiger partial charge in [-0.15, -0.1) is 0 Å². The Kier molecular flexibility index (Phi) is 7.65. The first-order valence-electron chi connectivity index (χ1n) is 9.72. The molecule has 3 aromatic rings. The van der Waals surface area contributed by atoms with Crippen molar-refractivity contribution in [2.75, 3.05) is 6.54 Å². The van der Waals surface area contributed by atoms with Crippen molar-refractivity contribution in [1.29, 1.82) is 0 Å². The maximum atomic E-state index is 13.2. The summed E-state index contributed by atoms with van der Waals surface area (Å²) in [5, 5.41) is 0. The first kappa shape index (κ1) is 21.9. The van der Waals surface area contributed by atoms with E-state index in [1.54, 1.807) is 4.90 Å². The molecule has 0 aromatic heterocycles. The van der Waals surface area contributed by atoms with Crippen LogP contribution in [-0.4, -0.2) is 23.3 Å². The summed E-state index contributed by atoms with van der Waals surface area (Å²) in [5.74, 6) is -3.27. The van der Waals surface area contributed by atoms with Crippen molar-refractivity contribution in [3.63, 3.8) is 0 Å². The molecule has 1 amide bonds. The van der Waals surface area contributed by atoms with Crippen LogP contribution in [0, 0.1) is 11.6 Å². The molecule has 0 heterocycles. The monoisotopic (exact) mass is 421 g/mol. The molecule has 0 aliphatic carbocycles.